The summed E-state index contributed by atoms with van der Waals surface area (Å²) in [6.45, 7) is 8.90. The molecule has 0 radical (unpaired) electrons. The Morgan fingerprint density at radius 3 is 2.42 bits per heavy atom. The molecule has 0 atom stereocenters. The largest absolute Gasteiger partial charge is 0.0810 e. The fourth-order valence-corrected chi connectivity index (χ4v) is 2.51. The van der Waals surface area contributed by atoms with Crippen molar-refractivity contribution < 1.29 is 0 Å². The van der Waals surface area contributed by atoms with Crippen LogP contribution in [0.4, 0.5) is 0 Å². The number of benzene rings is 1. The summed E-state index contributed by atoms with van der Waals surface area (Å²) in [7, 11) is 0. The Morgan fingerprint density at radius 1 is 1.00 bits per heavy atom. The molecular formula is C19H30. The molecule has 1 rings (SSSR count). The molecule has 0 nitrogen and oxygen atoms in total. The Hall–Kier alpha value is -1.04. The van der Waals surface area contributed by atoms with Gasteiger partial charge in [0.2, 0.25) is 0 Å². The maximum absolute atomic E-state index is 2.42. The molecule has 0 aliphatic carbocycles. The van der Waals surface area contributed by atoms with Crippen molar-refractivity contribution in [3.05, 3.63) is 41.0 Å². The van der Waals surface area contributed by atoms with E-state index in [0.717, 1.165) is 0 Å². The van der Waals surface area contributed by atoms with Crippen LogP contribution in [0.5, 0.6) is 0 Å². The highest BCUT2D eigenvalue weighted by Gasteiger charge is 2.00. The van der Waals surface area contributed by atoms with Crippen molar-refractivity contribution in [1.82, 2.24) is 0 Å². The third kappa shape index (κ3) is 6.09. The van der Waals surface area contributed by atoms with E-state index in [1.165, 1.54) is 67.2 Å². The van der Waals surface area contributed by atoms with Crippen molar-refractivity contribution in [2.45, 2.75) is 72.6 Å². The van der Waals surface area contributed by atoms with E-state index in [1.807, 2.05) is 0 Å². The normalized spacial score (nSPS) is 11.9. The van der Waals surface area contributed by atoms with E-state index >= 15 is 0 Å². The highest BCUT2D eigenvalue weighted by molar-refractivity contribution is 5.66. The zero-order valence-electron chi connectivity index (χ0n) is 13.3. The second kappa shape index (κ2) is 8.96. The predicted octanol–water partition coefficient (Wildman–Crippen LogP) is 6.46. The lowest BCUT2D eigenvalue weighted by molar-refractivity contribution is 0.611. The predicted molar refractivity (Wildman–Crippen MR) is 87.6 cm³/mol. The van der Waals surface area contributed by atoms with Gasteiger partial charge in [0.15, 0.2) is 0 Å². The molecule has 0 N–H and O–H groups in total. The SMILES string of the molecule is CCCCCCCC/C=C(\C)c1cc(C)ccc1C. The zero-order valence-corrected chi connectivity index (χ0v) is 13.3. The first kappa shape index (κ1) is 16.0. The van der Waals surface area contributed by atoms with Gasteiger partial charge in [-0.05, 0) is 50.3 Å². The van der Waals surface area contributed by atoms with Crippen molar-refractivity contribution in [2.75, 3.05) is 0 Å². The Kier molecular flexibility index (Phi) is 7.55. The van der Waals surface area contributed by atoms with Gasteiger partial charge < -0.3 is 0 Å². The van der Waals surface area contributed by atoms with Gasteiger partial charge in [-0.15, -0.1) is 0 Å². The summed E-state index contributed by atoms with van der Waals surface area (Å²) in [6, 6.07) is 6.73. The summed E-state index contributed by atoms with van der Waals surface area (Å²) in [5.74, 6) is 0. The van der Waals surface area contributed by atoms with E-state index in [2.05, 4.69) is 52.0 Å². The Morgan fingerprint density at radius 2 is 1.68 bits per heavy atom. The van der Waals surface area contributed by atoms with Crippen LogP contribution in [0.3, 0.4) is 0 Å². The van der Waals surface area contributed by atoms with Crippen LogP contribution in [0.1, 0.15) is 75.5 Å². The van der Waals surface area contributed by atoms with Crippen molar-refractivity contribution in [3.63, 3.8) is 0 Å². The van der Waals surface area contributed by atoms with Crippen molar-refractivity contribution >= 4 is 5.57 Å². The van der Waals surface area contributed by atoms with Crippen LogP contribution in [-0.4, -0.2) is 0 Å². The second-order valence-corrected chi connectivity index (χ2v) is 5.76. The number of hydrogen-bond acceptors (Lipinski definition) is 0. The van der Waals surface area contributed by atoms with Crippen LogP contribution in [-0.2, 0) is 0 Å². The molecule has 0 fully saturated rings. The van der Waals surface area contributed by atoms with Gasteiger partial charge >= 0.3 is 0 Å². The summed E-state index contributed by atoms with van der Waals surface area (Å²) in [4.78, 5) is 0. The molecule has 106 valence electrons. The zero-order chi connectivity index (χ0) is 14.1. The van der Waals surface area contributed by atoms with Crippen molar-refractivity contribution in [2.24, 2.45) is 0 Å². The molecular weight excluding hydrogens is 228 g/mol. The smallest absolute Gasteiger partial charge is 0.0199 e. The Bertz CT molecular complexity index is 398. The Labute approximate surface area is 119 Å². The minimum atomic E-state index is 1.23. The van der Waals surface area contributed by atoms with E-state index in [9.17, 15) is 0 Å². The highest BCUT2D eigenvalue weighted by Crippen LogP contribution is 2.21. The van der Waals surface area contributed by atoms with E-state index < -0.39 is 0 Å². The number of hydrogen-bond donors (Lipinski definition) is 0. The average molecular weight is 258 g/mol. The van der Waals surface area contributed by atoms with E-state index in [-0.39, 0.29) is 0 Å². The van der Waals surface area contributed by atoms with Gasteiger partial charge in [0.1, 0.15) is 0 Å². The standard InChI is InChI=1S/C19H30/c1-5-6-7-8-9-10-11-12-17(3)19-15-16(2)13-14-18(19)4/h12-15H,5-11H2,1-4H3/b17-12+. The van der Waals surface area contributed by atoms with E-state index in [4.69, 9.17) is 0 Å². The first-order valence-corrected chi connectivity index (χ1v) is 7.89. The summed E-state index contributed by atoms with van der Waals surface area (Å²) < 4.78 is 0. The minimum absolute atomic E-state index is 1.23. The van der Waals surface area contributed by atoms with Crippen molar-refractivity contribution in [3.8, 4) is 0 Å². The molecule has 0 saturated carbocycles. The second-order valence-electron chi connectivity index (χ2n) is 5.76. The van der Waals surface area contributed by atoms with Crippen LogP contribution >= 0.6 is 0 Å². The fraction of sp³-hybridized carbons (Fsp3) is 0.579. The molecule has 0 amide bonds. The number of allylic oxidation sites excluding steroid dienone is 2. The lowest BCUT2D eigenvalue weighted by Crippen LogP contribution is -1.87. The molecule has 0 aromatic heterocycles. The molecule has 19 heavy (non-hydrogen) atoms. The monoisotopic (exact) mass is 258 g/mol. The van der Waals surface area contributed by atoms with Crippen LogP contribution in [0.15, 0.2) is 24.3 Å². The molecule has 1 aromatic carbocycles. The van der Waals surface area contributed by atoms with E-state index in [1.54, 1.807) is 0 Å². The summed E-state index contributed by atoms with van der Waals surface area (Å²) in [6.07, 6.45) is 11.9. The third-order valence-corrected chi connectivity index (χ3v) is 3.83. The molecule has 0 spiro atoms. The number of rotatable bonds is 8. The quantitative estimate of drug-likeness (QED) is 0.469. The maximum Gasteiger partial charge on any atom is -0.0199 e. The van der Waals surface area contributed by atoms with Gasteiger partial charge in [0, 0.05) is 0 Å². The van der Waals surface area contributed by atoms with Gasteiger partial charge in [0.25, 0.3) is 0 Å². The third-order valence-electron chi connectivity index (χ3n) is 3.83. The van der Waals surface area contributed by atoms with Gasteiger partial charge in [-0.3, -0.25) is 0 Å². The molecule has 0 aliphatic heterocycles. The summed E-state index contributed by atoms with van der Waals surface area (Å²) in [5, 5.41) is 0. The number of unbranched alkanes of at least 4 members (excludes halogenated alkanes) is 6. The molecule has 0 unspecified atom stereocenters. The van der Waals surface area contributed by atoms with Crippen LogP contribution in [0, 0.1) is 13.8 Å². The highest BCUT2D eigenvalue weighted by atomic mass is 14.1. The van der Waals surface area contributed by atoms with Gasteiger partial charge in [-0.1, -0.05) is 68.9 Å². The van der Waals surface area contributed by atoms with Crippen LogP contribution in [0.2, 0.25) is 0 Å². The summed E-state index contributed by atoms with van der Waals surface area (Å²) in [5.41, 5.74) is 5.61. The lowest BCUT2D eigenvalue weighted by Gasteiger charge is -2.08. The average Bonchev–Trinajstić information content (AvgIpc) is 2.40. The maximum atomic E-state index is 2.42. The first-order chi connectivity index (χ1) is 9.15. The fourth-order valence-electron chi connectivity index (χ4n) is 2.51. The van der Waals surface area contributed by atoms with Gasteiger partial charge in [-0.25, -0.2) is 0 Å². The van der Waals surface area contributed by atoms with Gasteiger partial charge in [-0.2, -0.15) is 0 Å². The molecule has 0 heterocycles. The molecule has 0 aliphatic rings. The van der Waals surface area contributed by atoms with E-state index in [0.29, 0.717) is 0 Å². The van der Waals surface area contributed by atoms with Crippen molar-refractivity contribution in [1.29, 1.82) is 0 Å². The molecule has 0 bridgehead atoms. The number of aryl methyl sites for hydroxylation is 2. The first-order valence-electron chi connectivity index (χ1n) is 7.89. The minimum Gasteiger partial charge on any atom is -0.0810 e. The summed E-state index contributed by atoms with van der Waals surface area (Å²) >= 11 is 0. The van der Waals surface area contributed by atoms with Crippen LogP contribution < -0.4 is 0 Å². The topological polar surface area (TPSA) is 0 Å². The molecule has 0 saturated heterocycles. The molecule has 0 heteroatoms. The molecule has 1 aromatic rings. The van der Waals surface area contributed by atoms with Gasteiger partial charge in [0.05, 0.1) is 0 Å². The Balaban J connectivity index is 2.38. The lowest BCUT2D eigenvalue weighted by atomic mass is 9.98. The van der Waals surface area contributed by atoms with Crippen LogP contribution in [0.25, 0.3) is 5.57 Å².